The average molecular weight is 404 g/mol. The summed E-state index contributed by atoms with van der Waals surface area (Å²) in [7, 11) is 2.00. The monoisotopic (exact) mass is 404 g/mol. The van der Waals surface area contributed by atoms with E-state index in [-0.39, 0.29) is 18.1 Å². The molecule has 0 bridgehead atoms. The molecule has 0 atom stereocenters. The number of rotatable bonds is 8. The Bertz CT molecular complexity index is 1040. The Hall–Kier alpha value is -3.87. The van der Waals surface area contributed by atoms with Crippen molar-refractivity contribution < 1.29 is 9.72 Å². The first-order valence-electron chi connectivity index (χ1n) is 9.57. The zero-order valence-corrected chi connectivity index (χ0v) is 17.0. The van der Waals surface area contributed by atoms with Gasteiger partial charge in [-0.2, -0.15) is 0 Å². The Labute approximate surface area is 175 Å². The third-order valence-electron chi connectivity index (χ3n) is 4.79. The van der Waals surface area contributed by atoms with Crippen LogP contribution in [0, 0.1) is 17.0 Å². The fraction of sp³-hybridized carbons (Fsp3) is 0.174. The Morgan fingerprint density at radius 1 is 0.967 bits per heavy atom. The van der Waals surface area contributed by atoms with Gasteiger partial charge in [0.05, 0.1) is 34.1 Å². The predicted molar refractivity (Wildman–Crippen MR) is 120 cm³/mol. The van der Waals surface area contributed by atoms with Crippen molar-refractivity contribution in [2.45, 2.75) is 13.5 Å². The van der Waals surface area contributed by atoms with E-state index >= 15 is 0 Å². The number of amides is 1. The van der Waals surface area contributed by atoms with Gasteiger partial charge in [-0.1, -0.05) is 48.5 Å². The summed E-state index contributed by atoms with van der Waals surface area (Å²) in [5, 5.41) is 17.0. The predicted octanol–water partition coefficient (Wildman–Crippen LogP) is 4.59. The van der Waals surface area contributed by atoms with E-state index in [2.05, 4.69) is 27.7 Å². The van der Waals surface area contributed by atoms with Crippen LogP contribution >= 0.6 is 0 Å². The molecule has 0 spiro atoms. The second-order valence-electron chi connectivity index (χ2n) is 6.97. The van der Waals surface area contributed by atoms with Gasteiger partial charge in [0, 0.05) is 19.7 Å². The van der Waals surface area contributed by atoms with E-state index in [9.17, 15) is 14.9 Å². The first kappa shape index (κ1) is 20.9. The van der Waals surface area contributed by atoms with Crippen LogP contribution in [0.4, 0.5) is 22.7 Å². The molecule has 154 valence electrons. The van der Waals surface area contributed by atoms with E-state index in [1.54, 1.807) is 19.1 Å². The highest BCUT2D eigenvalue weighted by molar-refractivity contribution is 5.95. The summed E-state index contributed by atoms with van der Waals surface area (Å²) in [6, 6.07) is 22.5. The molecule has 3 rings (SSSR count). The molecule has 0 heterocycles. The average Bonchev–Trinajstić information content (AvgIpc) is 2.74. The number of nitrogens with one attached hydrogen (secondary N) is 2. The van der Waals surface area contributed by atoms with Crippen LogP contribution in [0.3, 0.4) is 0 Å². The summed E-state index contributed by atoms with van der Waals surface area (Å²) in [5.41, 5.74) is 3.84. The molecule has 3 aromatic carbocycles. The molecule has 7 nitrogen and oxygen atoms in total. The number of nitrogens with zero attached hydrogens (tertiary/aromatic N) is 2. The number of nitro benzene ring substituents is 1. The van der Waals surface area contributed by atoms with Gasteiger partial charge in [-0.15, -0.1) is 0 Å². The number of benzene rings is 3. The molecule has 30 heavy (non-hydrogen) atoms. The lowest BCUT2D eigenvalue weighted by Crippen LogP contribution is -2.24. The highest BCUT2D eigenvalue weighted by Crippen LogP contribution is 2.27. The molecular weight excluding hydrogens is 380 g/mol. The first-order valence-corrected chi connectivity index (χ1v) is 9.57. The van der Waals surface area contributed by atoms with E-state index < -0.39 is 4.92 Å². The van der Waals surface area contributed by atoms with Crippen molar-refractivity contribution in [2.24, 2.45) is 0 Å². The fourth-order valence-corrected chi connectivity index (χ4v) is 3.23. The number of para-hydroxylation sites is 2. The van der Waals surface area contributed by atoms with Crippen molar-refractivity contribution in [2.75, 3.05) is 29.1 Å². The molecule has 0 aliphatic carbocycles. The summed E-state index contributed by atoms with van der Waals surface area (Å²) in [4.78, 5) is 25.2. The van der Waals surface area contributed by atoms with Crippen LogP contribution in [0.5, 0.6) is 0 Å². The smallest absolute Gasteiger partial charge is 0.274 e. The molecule has 0 saturated carbocycles. The lowest BCUT2D eigenvalue weighted by atomic mass is 10.1. The van der Waals surface area contributed by atoms with Crippen molar-refractivity contribution in [1.82, 2.24) is 0 Å². The highest BCUT2D eigenvalue weighted by atomic mass is 16.6. The number of carbonyl (C=O) groups excluding carboxylic acids is 1. The third-order valence-corrected chi connectivity index (χ3v) is 4.79. The lowest BCUT2D eigenvalue weighted by Gasteiger charge is -2.23. The Kier molecular flexibility index (Phi) is 6.64. The minimum atomic E-state index is -0.456. The summed E-state index contributed by atoms with van der Waals surface area (Å²) >= 11 is 0. The summed E-state index contributed by atoms with van der Waals surface area (Å²) in [6.07, 6.45) is 0. The van der Waals surface area contributed by atoms with Crippen molar-refractivity contribution in [3.05, 3.63) is 94.0 Å². The van der Waals surface area contributed by atoms with E-state index in [1.807, 2.05) is 49.5 Å². The van der Waals surface area contributed by atoms with E-state index in [1.165, 1.54) is 11.6 Å². The van der Waals surface area contributed by atoms with Gasteiger partial charge in [0.2, 0.25) is 5.91 Å². The van der Waals surface area contributed by atoms with E-state index in [4.69, 9.17) is 0 Å². The molecule has 0 fully saturated rings. The highest BCUT2D eigenvalue weighted by Gasteiger charge is 2.15. The Morgan fingerprint density at radius 3 is 2.37 bits per heavy atom. The van der Waals surface area contributed by atoms with Crippen LogP contribution in [-0.4, -0.2) is 24.4 Å². The third kappa shape index (κ3) is 5.14. The van der Waals surface area contributed by atoms with Crippen LogP contribution in [0.1, 0.15) is 11.1 Å². The van der Waals surface area contributed by atoms with Crippen LogP contribution < -0.4 is 15.5 Å². The molecule has 3 aromatic rings. The van der Waals surface area contributed by atoms with Gasteiger partial charge in [-0.25, -0.2) is 0 Å². The molecule has 0 unspecified atom stereocenters. The molecule has 0 aliphatic rings. The maximum Gasteiger partial charge on any atom is 0.274 e. The number of carbonyl (C=O) groups is 1. The van der Waals surface area contributed by atoms with E-state index in [0.29, 0.717) is 11.3 Å². The van der Waals surface area contributed by atoms with Crippen molar-refractivity contribution in [3.63, 3.8) is 0 Å². The van der Waals surface area contributed by atoms with Crippen molar-refractivity contribution in [1.29, 1.82) is 0 Å². The van der Waals surface area contributed by atoms with Crippen LogP contribution in [0.25, 0.3) is 0 Å². The SMILES string of the molecule is Cc1c(NC(=O)CNc2ccccc2N(C)Cc2ccccc2)cccc1[N+](=O)[O-]. The minimum Gasteiger partial charge on any atom is -0.374 e. The number of anilines is 3. The maximum atomic E-state index is 12.4. The number of hydrogen-bond donors (Lipinski definition) is 2. The minimum absolute atomic E-state index is 0.0198. The molecule has 0 saturated heterocycles. The summed E-state index contributed by atoms with van der Waals surface area (Å²) in [6.45, 7) is 2.39. The maximum absolute atomic E-state index is 12.4. The molecular formula is C23H24N4O3. The van der Waals surface area contributed by atoms with Crippen LogP contribution in [-0.2, 0) is 11.3 Å². The van der Waals surface area contributed by atoms with Crippen molar-refractivity contribution >= 4 is 28.7 Å². The first-order chi connectivity index (χ1) is 14.5. The second-order valence-corrected chi connectivity index (χ2v) is 6.97. The van der Waals surface area contributed by atoms with Gasteiger partial charge >= 0.3 is 0 Å². The quantitative estimate of drug-likeness (QED) is 0.423. The standard InChI is InChI=1S/C23H24N4O3/c1-17-19(12-8-14-21(17)27(29)30)25-23(28)15-24-20-11-6-7-13-22(20)26(2)16-18-9-4-3-5-10-18/h3-14,24H,15-16H2,1-2H3,(H,25,28). The zero-order valence-electron chi connectivity index (χ0n) is 17.0. The topological polar surface area (TPSA) is 87.5 Å². The Balaban J connectivity index is 1.66. The van der Waals surface area contributed by atoms with Gasteiger partial charge in [-0.05, 0) is 30.7 Å². The van der Waals surface area contributed by atoms with Gasteiger partial charge in [0.15, 0.2) is 0 Å². The van der Waals surface area contributed by atoms with Gasteiger partial charge in [0.1, 0.15) is 0 Å². The molecule has 2 N–H and O–H groups in total. The van der Waals surface area contributed by atoms with Gasteiger partial charge in [0.25, 0.3) is 5.69 Å². The van der Waals surface area contributed by atoms with Gasteiger partial charge in [-0.3, -0.25) is 14.9 Å². The van der Waals surface area contributed by atoms with E-state index in [0.717, 1.165) is 17.9 Å². The number of nitro groups is 1. The normalized spacial score (nSPS) is 10.3. The molecule has 7 heteroatoms. The summed E-state index contributed by atoms with van der Waals surface area (Å²) < 4.78 is 0. The molecule has 0 radical (unpaired) electrons. The number of hydrogen-bond acceptors (Lipinski definition) is 5. The van der Waals surface area contributed by atoms with Crippen LogP contribution in [0.15, 0.2) is 72.8 Å². The lowest BCUT2D eigenvalue weighted by molar-refractivity contribution is -0.385. The fourth-order valence-electron chi connectivity index (χ4n) is 3.23. The van der Waals surface area contributed by atoms with Crippen LogP contribution in [0.2, 0.25) is 0 Å². The Morgan fingerprint density at radius 2 is 1.63 bits per heavy atom. The van der Waals surface area contributed by atoms with Crippen molar-refractivity contribution in [3.8, 4) is 0 Å². The zero-order chi connectivity index (χ0) is 21.5. The second kappa shape index (κ2) is 9.56. The molecule has 0 aromatic heterocycles. The largest absolute Gasteiger partial charge is 0.374 e. The summed E-state index contributed by atoms with van der Waals surface area (Å²) in [5.74, 6) is -0.279. The molecule has 0 aliphatic heterocycles. The van der Waals surface area contributed by atoms with Gasteiger partial charge < -0.3 is 15.5 Å². The molecule has 1 amide bonds.